The number of carbonyl (C=O) groups excluding carboxylic acids is 1. The van der Waals surface area contributed by atoms with Crippen molar-refractivity contribution in [1.29, 1.82) is 0 Å². The summed E-state index contributed by atoms with van der Waals surface area (Å²) in [6.07, 6.45) is 2.15. The van der Waals surface area contributed by atoms with Crippen LogP contribution in [0.15, 0.2) is 66.7 Å². The van der Waals surface area contributed by atoms with E-state index in [0.29, 0.717) is 41.3 Å². The highest BCUT2D eigenvalue weighted by atomic mass is 35.5. The Morgan fingerprint density at radius 1 is 0.923 bits per heavy atom. The normalized spacial score (nSPS) is 19.3. The highest BCUT2D eigenvalue weighted by molar-refractivity contribution is 6.30. The van der Waals surface area contributed by atoms with E-state index in [2.05, 4.69) is 22.0 Å². The van der Waals surface area contributed by atoms with Gasteiger partial charge in [-0.15, -0.1) is 0 Å². The minimum absolute atomic E-state index is 0.0691. The van der Waals surface area contributed by atoms with E-state index >= 15 is 0 Å². The average Bonchev–Trinajstić information content (AvgIpc) is 3.35. The predicted octanol–water partition coefficient (Wildman–Crippen LogP) is 6.68. The van der Waals surface area contributed by atoms with E-state index in [-0.39, 0.29) is 17.9 Å². The van der Waals surface area contributed by atoms with E-state index < -0.39 is 17.6 Å². The zero-order valence-corrected chi connectivity index (χ0v) is 23.4. The van der Waals surface area contributed by atoms with Crippen molar-refractivity contribution in [3.63, 3.8) is 0 Å². The fraction of sp³-hybridized carbons (Fsp3) is 0.387. The summed E-state index contributed by atoms with van der Waals surface area (Å²) < 4.78 is 28.5. The molecule has 3 aromatic rings. The van der Waals surface area contributed by atoms with E-state index in [9.17, 15) is 13.6 Å². The largest absolute Gasteiger partial charge is 0.354 e. The van der Waals surface area contributed by atoms with Gasteiger partial charge in [-0.25, -0.2) is 8.78 Å². The predicted molar refractivity (Wildman–Crippen MR) is 152 cm³/mol. The molecular weight excluding hydrogens is 539 g/mol. The summed E-state index contributed by atoms with van der Waals surface area (Å²) in [5.41, 5.74) is 2.51. The van der Waals surface area contributed by atoms with Crippen LogP contribution in [-0.4, -0.2) is 54.5 Å². The molecule has 0 aliphatic carbocycles. The van der Waals surface area contributed by atoms with Crippen LogP contribution >= 0.6 is 23.2 Å². The standard InChI is InChI=1S/C31H33Cl2F2N3O/c1-2-37-13-3-4-28(37)17-36-31(39)29(22-14-26(34)16-27(35)15-22)23-18-38(19-23)30(20-5-9-24(32)10-6-20)21-7-11-25(33)12-8-21/h5-12,14-16,23,28-30H,2-4,13,17-19H2,1H3,(H,36,39). The first-order chi connectivity index (χ1) is 18.8. The van der Waals surface area contributed by atoms with Crippen molar-refractivity contribution in [1.82, 2.24) is 15.1 Å². The van der Waals surface area contributed by atoms with Crippen LogP contribution in [0.5, 0.6) is 0 Å². The SMILES string of the molecule is CCN1CCCC1CNC(=O)C(c1cc(F)cc(F)c1)C1CN(C(c2ccc(Cl)cc2)c2ccc(Cl)cc2)C1. The molecular formula is C31H33Cl2F2N3O. The lowest BCUT2D eigenvalue weighted by molar-refractivity contribution is -0.126. The molecule has 2 aliphatic rings. The fourth-order valence-electron chi connectivity index (χ4n) is 6.14. The third-order valence-corrected chi connectivity index (χ3v) is 8.59. The maximum atomic E-state index is 14.3. The van der Waals surface area contributed by atoms with Crippen molar-refractivity contribution in [3.05, 3.63) is 105 Å². The van der Waals surface area contributed by atoms with Crippen LogP contribution in [0.1, 0.15) is 48.4 Å². The minimum atomic E-state index is -0.674. The monoisotopic (exact) mass is 571 g/mol. The molecule has 3 aromatic carbocycles. The molecule has 206 valence electrons. The first-order valence-corrected chi connectivity index (χ1v) is 14.3. The zero-order valence-electron chi connectivity index (χ0n) is 21.9. The molecule has 1 N–H and O–H groups in total. The molecule has 0 saturated carbocycles. The van der Waals surface area contributed by atoms with Gasteiger partial charge in [-0.2, -0.15) is 0 Å². The van der Waals surface area contributed by atoms with Crippen LogP contribution in [0, 0.1) is 17.6 Å². The van der Waals surface area contributed by atoms with Crippen LogP contribution in [-0.2, 0) is 4.79 Å². The highest BCUT2D eigenvalue weighted by Crippen LogP contribution is 2.40. The Labute approximate surface area is 238 Å². The van der Waals surface area contributed by atoms with Gasteiger partial charge in [0.25, 0.3) is 0 Å². The molecule has 4 nitrogen and oxygen atoms in total. The molecule has 8 heteroatoms. The van der Waals surface area contributed by atoms with Crippen LogP contribution in [0.4, 0.5) is 8.78 Å². The number of nitrogens with zero attached hydrogens (tertiary/aromatic N) is 2. The number of rotatable bonds is 9. The molecule has 2 heterocycles. The number of nitrogens with one attached hydrogen (secondary N) is 1. The first-order valence-electron chi connectivity index (χ1n) is 13.5. The smallest absolute Gasteiger partial charge is 0.227 e. The molecule has 2 aliphatic heterocycles. The van der Waals surface area contributed by atoms with E-state index in [1.54, 1.807) is 0 Å². The number of likely N-dealkylation sites (N-methyl/N-ethyl adjacent to an activating group) is 1. The van der Waals surface area contributed by atoms with Gasteiger partial charge in [0.2, 0.25) is 5.91 Å². The van der Waals surface area contributed by atoms with Gasteiger partial charge in [0.05, 0.1) is 12.0 Å². The van der Waals surface area contributed by atoms with Crippen molar-refractivity contribution in [2.75, 3.05) is 32.7 Å². The molecule has 0 aromatic heterocycles. The summed E-state index contributed by atoms with van der Waals surface area (Å²) in [5, 5.41) is 4.43. The molecule has 39 heavy (non-hydrogen) atoms. The molecule has 1 amide bonds. The zero-order chi connectivity index (χ0) is 27.5. The van der Waals surface area contributed by atoms with Gasteiger partial charge in [0.1, 0.15) is 11.6 Å². The summed E-state index contributed by atoms with van der Waals surface area (Å²) in [6, 6.07) is 19.1. The number of likely N-dealkylation sites (tertiary alicyclic amines) is 2. The number of carbonyl (C=O) groups is 1. The molecule has 0 radical (unpaired) electrons. The van der Waals surface area contributed by atoms with E-state index in [1.807, 2.05) is 48.5 Å². The fourth-order valence-corrected chi connectivity index (χ4v) is 6.39. The summed E-state index contributed by atoms with van der Waals surface area (Å²) in [6.45, 7) is 5.82. The average molecular weight is 573 g/mol. The second kappa shape index (κ2) is 12.3. The third-order valence-electron chi connectivity index (χ3n) is 8.09. The van der Waals surface area contributed by atoms with Crippen molar-refractivity contribution in [2.45, 2.75) is 37.8 Å². The highest BCUT2D eigenvalue weighted by Gasteiger charge is 2.42. The number of hydrogen-bond acceptors (Lipinski definition) is 3. The summed E-state index contributed by atoms with van der Waals surface area (Å²) in [5.74, 6) is -2.28. The van der Waals surface area contributed by atoms with Crippen LogP contribution in [0.3, 0.4) is 0 Å². The molecule has 2 unspecified atom stereocenters. The summed E-state index contributed by atoms with van der Waals surface area (Å²) >= 11 is 12.3. The molecule has 0 spiro atoms. The Morgan fingerprint density at radius 3 is 2.03 bits per heavy atom. The maximum absolute atomic E-state index is 14.3. The summed E-state index contributed by atoms with van der Waals surface area (Å²) in [4.78, 5) is 18.3. The van der Waals surface area contributed by atoms with Gasteiger partial charge >= 0.3 is 0 Å². The number of halogens is 4. The third kappa shape index (κ3) is 6.46. The minimum Gasteiger partial charge on any atom is -0.354 e. The van der Waals surface area contributed by atoms with E-state index in [1.165, 1.54) is 12.1 Å². The van der Waals surface area contributed by atoms with Crippen LogP contribution < -0.4 is 5.32 Å². The molecule has 2 saturated heterocycles. The molecule has 5 rings (SSSR count). The van der Waals surface area contributed by atoms with Crippen LogP contribution in [0.2, 0.25) is 10.0 Å². The van der Waals surface area contributed by atoms with Gasteiger partial charge in [-0.3, -0.25) is 14.6 Å². The number of benzene rings is 3. The lowest BCUT2D eigenvalue weighted by Gasteiger charge is -2.47. The Morgan fingerprint density at radius 2 is 1.49 bits per heavy atom. The van der Waals surface area contributed by atoms with Crippen LogP contribution in [0.25, 0.3) is 0 Å². The van der Waals surface area contributed by atoms with E-state index in [0.717, 1.165) is 43.1 Å². The maximum Gasteiger partial charge on any atom is 0.227 e. The molecule has 0 bridgehead atoms. The lowest BCUT2D eigenvalue weighted by atomic mass is 9.78. The van der Waals surface area contributed by atoms with Crippen molar-refractivity contribution >= 4 is 29.1 Å². The second-order valence-corrected chi connectivity index (χ2v) is 11.4. The second-order valence-electron chi connectivity index (χ2n) is 10.6. The van der Waals surface area contributed by atoms with Crippen molar-refractivity contribution in [3.8, 4) is 0 Å². The van der Waals surface area contributed by atoms with E-state index in [4.69, 9.17) is 23.2 Å². The van der Waals surface area contributed by atoms with Gasteiger partial charge in [0, 0.05) is 47.7 Å². The quantitative estimate of drug-likeness (QED) is 0.311. The van der Waals surface area contributed by atoms with Gasteiger partial charge in [-0.05, 0) is 79.0 Å². The molecule has 2 atom stereocenters. The Kier molecular flexibility index (Phi) is 8.87. The molecule has 2 fully saturated rings. The Balaban J connectivity index is 1.38. The topological polar surface area (TPSA) is 35.6 Å². The van der Waals surface area contributed by atoms with Crippen molar-refractivity contribution < 1.29 is 13.6 Å². The Hall–Kier alpha value is -2.51. The van der Waals surface area contributed by atoms with Gasteiger partial charge in [0.15, 0.2) is 0 Å². The van der Waals surface area contributed by atoms with Gasteiger partial charge in [-0.1, -0.05) is 54.4 Å². The van der Waals surface area contributed by atoms with Crippen molar-refractivity contribution in [2.24, 2.45) is 5.92 Å². The van der Waals surface area contributed by atoms with Gasteiger partial charge < -0.3 is 5.32 Å². The first kappa shape index (κ1) is 28.0. The summed E-state index contributed by atoms with van der Waals surface area (Å²) in [7, 11) is 0. The number of amides is 1. The Bertz CT molecular complexity index is 1220. The lowest BCUT2D eigenvalue weighted by Crippen LogP contribution is -2.54. The number of hydrogen-bond donors (Lipinski definition) is 1.